The number of halogens is 5. The first-order valence-corrected chi connectivity index (χ1v) is 5.54. The summed E-state index contributed by atoms with van der Waals surface area (Å²) >= 11 is 4.74. The number of nitrogens with zero attached hydrogens (tertiary/aromatic N) is 3. The zero-order chi connectivity index (χ0) is 11.2. The number of alkyl halides is 3. The molecule has 80 valence electrons. The summed E-state index contributed by atoms with van der Waals surface area (Å²) in [5, 5.41) is 3.77. The number of rotatable bonds is 0. The van der Waals surface area contributed by atoms with Gasteiger partial charge in [-0.1, -0.05) is 0 Å². The summed E-state index contributed by atoms with van der Waals surface area (Å²) in [5.74, 6) is 0. The van der Waals surface area contributed by atoms with Crippen LogP contribution in [0.25, 0.3) is 5.65 Å². The standard InChI is InChI=1S/C7H2BrF3IN3/c8-6-13-5-4(7(9,10)11)1-3(12)2-15(5)14-6/h1-2H. The third-order valence-electron chi connectivity index (χ3n) is 1.68. The molecule has 0 aliphatic rings. The fraction of sp³-hybridized carbons (Fsp3) is 0.143. The molecule has 0 unspecified atom stereocenters. The van der Waals surface area contributed by atoms with E-state index in [0.29, 0.717) is 3.57 Å². The molecule has 0 atom stereocenters. The van der Waals surface area contributed by atoms with Crippen molar-refractivity contribution in [1.29, 1.82) is 0 Å². The van der Waals surface area contributed by atoms with Gasteiger partial charge >= 0.3 is 6.18 Å². The lowest BCUT2D eigenvalue weighted by Crippen LogP contribution is -2.08. The van der Waals surface area contributed by atoms with Gasteiger partial charge in [0.05, 0.1) is 0 Å². The highest BCUT2D eigenvalue weighted by molar-refractivity contribution is 14.1. The average molecular weight is 392 g/mol. The molecule has 15 heavy (non-hydrogen) atoms. The quantitative estimate of drug-likeness (QED) is 0.646. The second-order valence-electron chi connectivity index (χ2n) is 2.72. The maximum absolute atomic E-state index is 12.6. The van der Waals surface area contributed by atoms with Crippen LogP contribution in [0.2, 0.25) is 0 Å². The van der Waals surface area contributed by atoms with Crippen molar-refractivity contribution in [3.8, 4) is 0 Å². The summed E-state index contributed by atoms with van der Waals surface area (Å²) in [5.41, 5.74) is -0.984. The molecule has 0 saturated carbocycles. The summed E-state index contributed by atoms with van der Waals surface area (Å²) in [6.45, 7) is 0. The van der Waals surface area contributed by atoms with Gasteiger partial charge in [0.2, 0.25) is 4.73 Å². The highest BCUT2D eigenvalue weighted by Gasteiger charge is 2.34. The van der Waals surface area contributed by atoms with E-state index in [1.165, 1.54) is 6.20 Å². The van der Waals surface area contributed by atoms with E-state index in [0.717, 1.165) is 10.6 Å². The molecule has 0 aliphatic carbocycles. The minimum absolute atomic E-state index is 0.134. The third-order valence-corrected chi connectivity index (χ3v) is 2.61. The number of pyridine rings is 1. The summed E-state index contributed by atoms with van der Waals surface area (Å²) < 4.78 is 39.5. The van der Waals surface area contributed by atoms with Crippen LogP contribution in [0.1, 0.15) is 5.56 Å². The van der Waals surface area contributed by atoms with E-state index in [1.807, 2.05) is 0 Å². The molecular weight excluding hydrogens is 390 g/mol. The second kappa shape index (κ2) is 3.58. The lowest BCUT2D eigenvalue weighted by Gasteiger charge is -2.07. The largest absolute Gasteiger partial charge is 0.420 e. The Kier molecular flexibility index (Phi) is 2.65. The first-order chi connectivity index (χ1) is 6.88. The Morgan fingerprint density at radius 2 is 2.07 bits per heavy atom. The Hall–Kier alpha value is -0.380. The summed E-state index contributed by atoms with van der Waals surface area (Å²) in [6, 6.07) is 1.04. The van der Waals surface area contributed by atoms with Crippen molar-refractivity contribution in [1.82, 2.24) is 14.6 Å². The van der Waals surface area contributed by atoms with Crippen molar-refractivity contribution in [2.75, 3.05) is 0 Å². The van der Waals surface area contributed by atoms with Gasteiger partial charge in [0.15, 0.2) is 5.65 Å². The molecule has 0 spiro atoms. The van der Waals surface area contributed by atoms with Crippen molar-refractivity contribution in [3.63, 3.8) is 0 Å². The molecule has 0 bridgehead atoms. The zero-order valence-electron chi connectivity index (χ0n) is 6.89. The fourth-order valence-electron chi connectivity index (χ4n) is 1.14. The molecule has 2 aromatic heterocycles. The van der Waals surface area contributed by atoms with Gasteiger partial charge in [0.1, 0.15) is 5.56 Å². The lowest BCUT2D eigenvalue weighted by atomic mass is 10.2. The number of aromatic nitrogens is 3. The highest BCUT2D eigenvalue weighted by Crippen LogP contribution is 2.33. The van der Waals surface area contributed by atoms with Crippen molar-refractivity contribution in [2.24, 2.45) is 0 Å². The normalized spacial score (nSPS) is 12.3. The number of fused-ring (bicyclic) bond motifs is 1. The monoisotopic (exact) mass is 391 g/mol. The topological polar surface area (TPSA) is 30.2 Å². The predicted molar refractivity (Wildman–Crippen MR) is 58.4 cm³/mol. The Bertz CT molecular complexity index is 522. The Labute approximate surface area is 104 Å². The first-order valence-electron chi connectivity index (χ1n) is 3.66. The van der Waals surface area contributed by atoms with E-state index in [1.54, 1.807) is 22.6 Å². The Balaban J connectivity index is 2.82. The smallest absolute Gasteiger partial charge is 0.218 e. The van der Waals surface area contributed by atoms with Crippen molar-refractivity contribution in [2.45, 2.75) is 6.18 Å². The Morgan fingerprint density at radius 3 is 2.67 bits per heavy atom. The molecule has 0 saturated heterocycles. The molecule has 2 heterocycles. The van der Waals surface area contributed by atoms with Crippen LogP contribution >= 0.6 is 38.5 Å². The van der Waals surface area contributed by atoms with Gasteiger partial charge in [-0.2, -0.15) is 13.2 Å². The number of hydrogen-bond donors (Lipinski definition) is 0. The van der Waals surface area contributed by atoms with Gasteiger partial charge in [0.25, 0.3) is 0 Å². The second-order valence-corrected chi connectivity index (χ2v) is 4.67. The van der Waals surface area contributed by atoms with Crippen LogP contribution in [-0.4, -0.2) is 14.6 Å². The number of hydrogen-bond acceptors (Lipinski definition) is 2. The van der Waals surface area contributed by atoms with Crippen molar-refractivity contribution in [3.05, 3.63) is 26.1 Å². The van der Waals surface area contributed by atoms with Gasteiger partial charge in [-0.3, -0.25) is 0 Å². The van der Waals surface area contributed by atoms with Crippen LogP contribution < -0.4 is 0 Å². The molecule has 0 aliphatic heterocycles. The van der Waals surface area contributed by atoms with E-state index >= 15 is 0 Å². The van der Waals surface area contributed by atoms with Gasteiger partial charge < -0.3 is 0 Å². The maximum Gasteiger partial charge on any atom is 0.420 e. The van der Waals surface area contributed by atoms with Crippen LogP contribution in [0.15, 0.2) is 17.0 Å². The molecule has 0 radical (unpaired) electrons. The van der Waals surface area contributed by atoms with Gasteiger partial charge in [-0.25, -0.2) is 9.50 Å². The van der Waals surface area contributed by atoms with E-state index in [4.69, 9.17) is 0 Å². The average Bonchev–Trinajstić information content (AvgIpc) is 2.41. The van der Waals surface area contributed by atoms with Crippen molar-refractivity contribution < 1.29 is 13.2 Å². The molecule has 0 amide bonds. The summed E-state index contributed by atoms with van der Waals surface area (Å²) in [6.07, 6.45) is -2.95. The van der Waals surface area contributed by atoms with Crippen LogP contribution in [0, 0.1) is 3.57 Å². The highest BCUT2D eigenvalue weighted by atomic mass is 127. The molecule has 2 rings (SSSR count). The van der Waals surface area contributed by atoms with Crippen LogP contribution in [-0.2, 0) is 6.18 Å². The van der Waals surface area contributed by atoms with Gasteiger partial charge in [-0.05, 0) is 44.6 Å². The molecular formula is C7H2BrF3IN3. The van der Waals surface area contributed by atoms with E-state index in [-0.39, 0.29) is 10.4 Å². The minimum atomic E-state index is -4.42. The van der Waals surface area contributed by atoms with Gasteiger partial charge in [-0.15, -0.1) is 5.10 Å². The van der Waals surface area contributed by atoms with E-state index < -0.39 is 11.7 Å². The third kappa shape index (κ3) is 2.10. The van der Waals surface area contributed by atoms with Crippen molar-refractivity contribution >= 4 is 44.2 Å². The molecule has 0 aromatic carbocycles. The van der Waals surface area contributed by atoms with Crippen LogP contribution in [0.5, 0.6) is 0 Å². The lowest BCUT2D eigenvalue weighted by molar-refractivity contribution is -0.136. The first kappa shape index (κ1) is 11.1. The molecule has 2 aromatic rings. The minimum Gasteiger partial charge on any atom is -0.218 e. The molecule has 3 nitrogen and oxygen atoms in total. The fourth-order valence-corrected chi connectivity index (χ4v) is 2.05. The van der Waals surface area contributed by atoms with Crippen LogP contribution in [0.3, 0.4) is 0 Å². The maximum atomic E-state index is 12.6. The predicted octanol–water partition coefficient (Wildman–Crippen LogP) is 3.12. The van der Waals surface area contributed by atoms with E-state index in [9.17, 15) is 13.2 Å². The molecule has 8 heteroatoms. The zero-order valence-corrected chi connectivity index (χ0v) is 10.6. The molecule has 0 fully saturated rings. The SMILES string of the molecule is FC(F)(F)c1cc(I)cn2nc(Br)nc12. The van der Waals surface area contributed by atoms with Gasteiger partial charge in [0, 0.05) is 9.77 Å². The summed E-state index contributed by atoms with van der Waals surface area (Å²) in [7, 11) is 0. The van der Waals surface area contributed by atoms with E-state index in [2.05, 4.69) is 26.0 Å². The Morgan fingerprint density at radius 1 is 1.40 bits per heavy atom. The molecule has 0 N–H and O–H groups in total. The van der Waals surface area contributed by atoms with Crippen LogP contribution in [0.4, 0.5) is 13.2 Å². The summed E-state index contributed by atoms with van der Waals surface area (Å²) in [4.78, 5) is 3.67.